The zero-order valence-corrected chi connectivity index (χ0v) is 40.6. The van der Waals surface area contributed by atoms with Crippen LogP contribution in [0.5, 0.6) is 0 Å². The van der Waals surface area contributed by atoms with Gasteiger partial charge in [0.05, 0.1) is 0 Å². The van der Waals surface area contributed by atoms with Crippen LogP contribution < -0.4 is 13.6 Å². The summed E-state index contributed by atoms with van der Waals surface area (Å²) in [6, 6.07) is 47.8. The second-order valence-electron chi connectivity index (χ2n) is 18.4. The Morgan fingerprint density at radius 2 is 0.914 bits per heavy atom. The maximum atomic E-state index is 9.41. The first kappa shape index (κ1) is 39.9. The summed E-state index contributed by atoms with van der Waals surface area (Å²) in [6.45, 7) is 18.7. The van der Waals surface area contributed by atoms with Crippen LogP contribution in [0.15, 0.2) is 139 Å². The molecule has 293 valence electrons. The molecule has 0 bridgehead atoms. The average Bonchev–Trinajstić information content (AvgIpc) is 3.93. The Hall–Kier alpha value is -3.52. The van der Waals surface area contributed by atoms with E-state index in [0.717, 1.165) is 0 Å². The molecule has 6 aromatic carbocycles. The summed E-state index contributed by atoms with van der Waals surface area (Å²) in [5, 5.41) is 2.96. The number of hydrogen-bond donors (Lipinski definition) is 0. The van der Waals surface area contributed by atoms with E-state index in [0.29, 0.717) is 11.8 Å². The Balaban J connectivity index is 1.42. The standard InChI is InChI=1S/2C21H23.C12H9Si.2ClH.Zr/c2*1-14(2)18-12-17-10-11-19(15(3)4)21(20(17)13-18)16-8-6-5-7-9-16;1-3-7-11-9(5-1)10-6-2-4-8-12(10)13-11;;;/h2*5-15H,1-4H3;1-7H,13H2;2*1H;/q;;;;;+2/p-2. The fraction of sp³-hybridized carbons (Fsp3) is 0.259. The summed E-state index contributed by atoms with van der Waals surface area (Å²) in [5.41, 5.74) is 18.7. The topological polar surface area (TPSA) is 0 Å². The molecular formula is C54H55Cl2SiZr. The molecule has 1 aliphatic heterocycles. The maximum absolute atomic E-state index is 9.41. The summed E-state index contributed by atoms with van der Waals surface area (Å²) < 4.78 is 1.06. The zero-order valence-electron chi connectivity index (χ0n) is 35.2. The van der Waals surface area contributed by atoms with E-state index in [1.807, 2.05) is 0 Å². The van der Waals surface area contributed by atoms with Crippen LogP contribution in [0.2, 0.25) is 0 Å². The van der Waals surface area contributed by atoms with Crippen LogP contribution in [0.25, 0.3) is 45.5 Å². The molecule has 0 fully saturated rings. The van der Waals surface area contributed by atoms with Gasteiger partial charge in [-0.25, -0.2) is 0 Å². The molecule has 2 aliphatic carbocycles. The van der Waals surface area contributed by atoms with Gasteiger partial charge in [0.25, 0.3) is 0 Å². The van der Waals surface area contributed by atoms with E-state index in [-0.39, 0.29) is 19.1 Å². The van der Waals surface area contributed by atoms with Gasteiger partial charge in [-0.1, -0.05) is 0 Å². The van der Waals surface area contributed by atoms with Gasteiger partial charge in [0.2, 0.25) is 0 Å². The fourth-order valence-corrected chi connectivity index (χ4v) is 39.3. The Morgan fingerprint density at radius 1 is 0.466 bits per heavy atom. The summed E-state index contributed by atoms with van der Waals surface area (Å²) in [4.78, 5) is 0. The summed E-state index contributed by atoms with van der Waals surface area (Å²) >= 11 is -5.69. The molecule has 0 radical (unpaired) electrons. The molecule has 0 amide bonds. The molecule has 4 heteroatoms. The molecule has 0 aromatic heterocycles. The van der Waals surface area contributed by atoms with Crippen LogP contribution in [0.1, 0.15) is 108 Å². The van der Waals surface area contributed by atoms with Crippen molar-refractivity contribution in [1.29, 1.82) is 0 Å². The van der Waals surface area contributed by atoms with Crippen LogP contribution in [-0.4, -0.2) is 9.52 Å². The van der Waals surface area contributed by atoms with Crippen molar-refractivity contribution < 1.29 is 16.4 Å². The van der Waals surface area contributed by atoms with Crippen molar-refractivity contribution in [3.05, 3.63) is 172 Å². The molecule has 2 atom stereocenters. The van der Waals surface area contributed by atoms with Crippen LogP contribution in [0.3, 0.4) is 0 Å². The fourth-order valence-electron chi connectivity index (χ4n) is 11.1. The minimum atomic E-state index is -5.69. The van der Waals surface area contributed by atoms with E-state index < -0.39 is 25.9 Å². The molecule has 0 N–H and O–H groups in total. The van der Waals surface area contributed by atoms with Gasteiger partial charge in [0.15, 0.2) is 0 Å². The van der Waals surface area contributed by atoms with E-state index in [1.54, 1.807) is 0 Å². The minimum absolute atomic E-state index is 0.115. The van der Waals surface area contributed by atoms with Crippen LogP contribution in [-0.2, 0) is 16.4 Å². The summed E-state index contributed by atoms with van der Waals surface area (Å²) in [6.07, 6.45) is 5.08. The first-order valence-corrected chi connectivity index (χ1v) is 33.3. The summed E-state index contributed by atoms with van der Waals surface area (Å²) in [5.74, 6) is 1.21. The van der Waals surface area contributed by atoms with Gasteiger partial charge in [-0.15, -0.1) is 0 Å². The molecule has 9 rings (SSSR count). The van der Waals surface area contributed by atoms with Crippen LogP contribution >= 0.6 is 17.0 Å². The molecule has 2 unspecified atom stereocenters. The van der Waals surface area contributed by atoms with Crippen molar-refractivity contribution in [3.8, 4) is 33.4 Å². The first-order chi connectivity index (χ1) is 27.8. The average molecular weight is 894 g/mol. The van der Waals surface area contributed by atoms with E-state index in [2.05, 4.69) is 195 Å². The van der Waals surface area contributed by atoms with Gasteiger partial charge in [0.1, 0.15) is 0 Å². The normalized spacial score (nSPS) is 18.0. The number of hydrogen-bond acceptors (Lipinski definition) is 0. The van der Waals surface area contributed by atoms with Gasteiger partial charge in [-0.05, 0) is 0 Å². The summed E-state index contributed by atoms with van der Waals surface area (Å²) in [7, 11) is 17.9. The van der Waals surface area contributed by atoms with Gasteiger partial charge < -0.3 is 0 Å². The SMILES string of the molecule is CC(C)C1=Cc2c(ccc(C(C)C)c2-c2ccccc2)[CH]1[Zr]([Cl])([Cl])([c]1cccc2c1[SiH2]c1ccccc1-2)[CH]1C(C(C)C)=Cc2c1ccc(C(C)C)c2-c1ccccc1. The Labute approximate surface area is 357 Å². The van der Waals surface area contributed by atoms with Crippen molar-refractivity contribution in [3.63, 3.8) is 0 Å². The van der Waals surface area contributed by atoms with Crippen molar-refractivity contribution in [1.82, 2.24) is 0 Å². The molecule has 3 aliphatic rings. The Kier molecular flexibility index (Phi) is 10.2. The van der Waals surface area contributed by atoms with E-state index in [4.69, 9.17) is 0 Å². The molecule has 0 nitrogen and oxygen atoms in total. The molecule has 58 heavy (non-hydrogen) atoms. The zero-order chi connectivity index (χ0) is 40.7. The molecule has 1 heterocycles. The van der Waals surface area contributed by atoms with Crippen LogP contribution in [0, 0.1) is 11.8 Å². The molecule has 0 saturated carbocycles. The first-order valence-electron chi connectivity index (χ1n) is 21.5. The predicted molar refractivity (Wildman–Crippen MR) is 254 cm³/mol. The molecular weight excluding hydrogens is 839 g/mol. The van der Waals surface area contributed by atoms with Gasteiger partial charge in [-0.3, -0.25) is 0 Å². The van der Waals surface area contributed by atoms with Crippen molar-refractivity contribution in [2.75, 3.05) is 0 Å². The third kappa shape index (κ3) is 6.06. The van der Waals surface area contributed by atoms with Crippen molar-refractivity contribution in [2.45, 2.75) is 74.5 Å². The molecule has 6 aromatic rings. The van der Waals surface area contributed by atoms with E-state index >= 15 is 0 Å². The van der Waals surface area contributed by atoms with Crippen molar-refractivity contribution in [2.24, 2.45) is 11.8 Å². The van der Waals surface area contributed by atoms with E-state index in [1.165, 1.54) is 91.6 Å². The van der Waals surface area contributed by atoms with Gasteiger partial charge in [0, 0.05) is 0 Å². The number of rotatable bonds is 9. The van der Waals surface area contributed by atoms with E-state index in [9.17, 15) is 17.0 Å². The predicted octanol–water partition coefficient (Wildman–Crippen LogP) is 13.6. The quantitative estimate of drug-likeness (QED) is 0.127. The third-order valence-corrected chi connectivity index (χ3v) is 36.3. The second kappa shape index (κ2) is 14.9. The second-order valence-corrected chi connectivity index (χ2v) is 40.8. The number of halogens is 2. The molecule has 0 spiro atoms. The monoisotopic (exact) mass is 891 g/mol. The third-order valence-electron chi connectivity index (χ3n) is 13.7. The van der Waals surface area contributed by atoms with Gasteiger partial charge >= 0.3 is 360 Å². The molecule has 0 saturated heterocycles. The Bertz CT molecular complexity index is 2520. The number of fused-ring (bicyclic) bond motifs is 5. The number of allylic oxidation sites excluding steroid dienone is 2. The van der Waals surface area contributed by atoms with Crippen LogP contribution in [0.4, 0.5) is 0 Å². The number of benzene rings is 6. The Morgan fingerprint density at radius 3 is 1.38 bits per heavy atom. The van der Waals surface area contributed by atoms with Crippen molar-refractivity contribution >= 4 is 52.3 Å². The van der Waals surface area contributed by atoms with Gasteiger partial charge in [-0.2, -0.15) is 0 Å².